The summed E-state index contributed by atoms with van der Waals surface area (Å²) < 4.78 is 17.4. The number of hydrogen-bond acceptors (Lipinski definition) is 8. The summed E-state index contributed by atoms with van der Waals surface area (Å²) in [4.78, 5) is 55.6. The zero-order valence-corrected chi connectivity index (χ0v) is 32.0. The molecule has 0 saturated carbocycles. The van der Waals surface area contributed by atoms with Crippen LogP contribution in [0.2, 0.25) is 0 Å². The molecule has 13 heteroatoms. The number of ether oxygens (including phenoxy) is 3. The van der Waals surface area contributed by atoms with E-state index in [9.17, 15) is 14.4 Å². The van der Waals surface area contributed by atoms with E-state index in [-0.39, 0.29) is 23.8 Å². The maximum atomic E-state index is 13.6. The van der Waals surface area contributed by atoms with E-state index in [1.807, 2.05) is 87.3 Å². The molecule has 4 N–H and O–H groups in total. The first-order chi connectivity index (χ1) is 26.6. The number of amides is 3. The largest absolute Gasteiger partial charge is 0.453 e. The van der Waals surface area contributed by atoms with Crippen LogP contribution in [-0.2, 0) is 20.7 Å². The fourth-order valence-electron chi connectivity index (χ4n) is 7.21. The average Bonchev–Trinajstić information content (AvgIpc) is 3.95. The number of methoxy groups -OCH3 is 1. The van der Waals surface area contributed by atoms with Gasteiger partial charge >= 0.3 is 6.09 Å². The molecule has 0 bridgehead atoms. The summed E-state index contributed by atoms with van der Waals surface area (Å²) in [5.41, 5.74) is 5.43. The summed E-state index contributed by atoms with van der Waals surface area (Å²) in [7, 11) is 1.29. The normalized spacial score (nSPS) is 15.3. The minimum atomic E-state index is -0.693. The minimum absolute atomic E-state index is 0.108. The Morgan fingerprint density at radius 2 is 1.62 bits per heavy atom. The van der Waals surface area contributed by atoms with Crippen molar-refractivity contribution < 1.29 is 28.6 Å². The Morgan fingerprint density at radius 1 is 0.909 bits per heavy atom. The van der Waals surface area contributed by atoms with Gasteiger partial charge < -0.3 is 39.7 Å². The predicted octanol–water partition coefficient (Wildman–Crippen LogP) is 8.05. The molecule has 5 aromatic rings. The number of imidazole rings is 2. The molecule has 0 radical (unpaired) electrons. The molecular formula is C42H49N7O6. The number of carbonyl (C=O) groups is 3. The molecule has 4 heterocycles. The van der Waals surface area contributed by atoms with E-state index in [0.717, 1.165) is 77.2 Å². The van der Waals surface area contributed by atoms with E-state index < -0.39 is 12.1 Å². The van der Waals surface area contributed by atoms with Gasteiger partial charge in [0.05, 0.1) is 36.1 Å². The lowest BCUT2D eigenvalue weighted by Gasteiger charge is -2.29. The van der Waals surface area contributed by atoms with Gasteiger partial charge in [0, 0.05) is 31.5 Å². The van der Waals surface area contributed by atoms with Gasteiger partial charge in [0.1, 0.15) is 17.7 Å². The Hall–Kier alpha value is -5.85. The van der Waals surface area contributed by atoms with Crippen molar-refractivity contribution in [2.75, 3.05) is 20.2 Å². The summed E-state index contributed by atoms with van der Waals surface area (Å²) in [6.07, 6.45) is 6.00. The third-order valence-corrected chi connectivity index (χ3v) is 10.1. The average molecular weight is 748 g/mol. The molecule has 2 atom stereocenters. The lowest BCUT2D eigenvalue weighted by molar-refractivity contribution is -0.135. The molecule has 0 unspecified atom stereocenters. The molecule has 55 heavy (non-hydrogen) atoms. The number of aromatic nitrogens is 4. The fraction of sp³-hybridized carbons (Fsp3) is 0.405. The van der Waals surface area contributed by atoms with Crippen LogP contribution in [-0.4, -0.2) is 69.0 Å². The molecule has 7 rings (SSSR count). The minimum Gasteiger partial charge on any atom is -0.453 e. The summed E-state index contributed by atoms with van der Waals surface area (Å²) in [5.74, 6) is 4.33. The van der Waals surface area contributed by atoms with E-state index in [2.05, 4.69) is 31.7 Å². The molecule has 2 aliphatic rings. The highest BCUT2D eigenvalue weighted by molar-refractivity contribution is 5.87. The van der Waals surface area contributed by atoms with Gasteiger partial charge in [0.2, 0.25) is 11.8 Å². The van der Waals surface area contributed by atoms with Crippen LogP contribution in [0.15, 0.2) is 60.8 Å². The first kappa shape index (κ1) is 37.5. The molecule has 1 saturated heterocycles. The number of likely N-dealkylation sites (tertiary alicyclic amines) is 1. The zero-order chi connectivity index (χ0) is 38.6. The van der Waals surface area contributed by atoms with Crippen LogP contribution in [0, 0.1) is 11.8 Å². The summed E-state index contributed by atoms with van der Waals surface area (Å²) >= 11 is 0. The second-order valence-corrected chi connectivity index (χ2v) is 15.1. The number of unbranched alkanes of at least 4 members (excludes halogenated alkanes) is 1. The molecular weight excluding hydrogens is 699 g/mol. The number of aromatic amines is 2. The number of benzene rings is 3. The number of H-pyrrole nitrogens is 2. The van der Waals surface area contributed by atoms with Crippen LogP contribution in [0.25, 0.3) is 33.4 Å². The van der Waals surface area contributed by atoms with Crippen molar-refractivity contribution in [1.29, 1.82) is 0 Å². The maximum absolute atomic E-state index is 13.6. The van der Waals surface area contributed by atoms with Crippen LogP contribution in [0.1, 0.15) is 77.5 Å². The molecule has 3 aromatic carbocycles. The maximum Gasteiger partial charge on any atom is 0.407 e. The van der Waals surface area contributed by atoms with Gasteiger partial charge in [-0.25, -0.2) is 14.8 Å². The molecule has 0 aliphatic carbocycles. The van der Waals surface area contributed by atoms with Gasteiger partial charge in [-0.05, 0) is 91.1 Å². The van der Waals surface area contributed by atoms with E-state index in [0.29, 0.717) is 48.4 Å². The van der Waals surface area contributed by atoms with Crippen molar-refractivity contribution in [3.63, 3.8) is 0 Å². The second-order valence-electron chi connectivity index (χ2n) is 15.1. The fourth-order valence-corrected chi connectivity index (χ4v) is 7.21. The SMILES string of the molecule is COC(=O)N[C@H](C(=O)N1CCC[C@H]1c1nc2ccc(-c3ccc4c(c3)Oc3ccc(-c5cnc(CCCCNC(=O)CC(C)C)[nH]5)cc3O4)cc2[nH]1)C(C)C. The van der Waals surface area contributed by atoms with Crippen molar-refractivity contribution in [1.82, 2.24) is 35.5 Å². The molecule has 288 valence electrons. The molecule has 13 nitrogen and oxygen atoms in total. The summed E-state index contributed by atoms with van der Waals surface area (Å²) in [6.45, 7) is 9.16. The van der Waals surface area contributed by atoms with Crippen molar-refractivity contribution in [2.45, 2.75) is 78.3 Å². The van der Waals surface area contributed by atoms with Crippen LogP contribution in [0.3, 0.4) is 0 Å². The summed E-state index contributed by atoms with van der Waals surface area (Å²) in [6, 6.07) is 16.9. The summed E-state index contributed by atoms with van der Waals surface area (Å²) in [5, 5.41) is 5.69. The third-order valence-electron chi connectivity index (χ3n) is 10.1. The number of aryl methyl sites for hydroxylation is 1. The molecule has 3 amide bonds. The predicted molar refractivity (Wildman–Crippen MR) is 209 cm³/mol. The van der Waals surface area contributed by atoms with Gasteiger partial charge in [-0.2, -0.15) is 0 Å². The lowest BCUT2D eigenvalue weighted by Crippen LogP contribution is -2.51. The van der Waals surface area contributed by atoms with Crippen LogP contribution < -0.4 is 20.1 Å². The monoisotopic (exact) mass is 747 g/mol. The third kappa shape index (κ3) is 8.45. The van der Waals surface area contributed by atoms with Crippen LogP contribution >= 0.6 is 0 Å². The molecule has 0 spiro atoms. The van der Waals surface area contributed by atoms with Crippen LogP contribution in [0.5, 0.6) is 23.0 Å². The first-order valence-corrected chi connectivity index (χ1v) is 19.2. The van der Waals surface area contributed by atoms with Gasteiger partial charge in [-0.15, -0.1) is 0 Å². The van der Waals surface area contributed by atoms with E-state index >= 15 is 0 Å². The standard InChI is InChI=1S/C42H49N7O6/c1-24(2)19-38(50)43-17-7-6-10-37-44-23-31(45-37)28-13-16-34-36(22-28)55-33-15-12-27(21-35(33)54-34)26-11-14-29-30(20-26)47-40(46-29)32-9-8-18-49(32)41(51)39(25(3)4)48-42(52)53-5/h11-16,20-25,32,39H,6-10,17-19H2,1-5H3,(H,43,50)(H,44,45)(H,46,47)(H,48,52)/t32-,39-/m0/s1. The van der Waals surface area contributed by atoms with Crippen molar-refractivity contribution in [2.24, 2.45) is 11.8 Å². The number of nitrogens with zero attached hydrogens (tertiary/aromatic N) is 3. The molecule has 1 fully saturated rings. The Balaban J connectivity index is 0.998. The van der Waals surface area contributed by atoms with Crippen molar-refractivity contribution in [3.05, 3.63) is 72.4 Å². The highest BCUT2D eigenvalue weighted by Gasteiger charge is 2.37. The van der Waals surface area contributed by atoms with Crippen molar-refractivity contribution >= 4 is 28.9 Å². The highest BCUT2D eigenvalue weighted by atomic mass is 16.6. The molecule has 2 aromatic heterocycles. The van der Waals surface area contributed by atoms with E-state index in [4.69, 9.17) is 19.2 Å². The van der Waals surface area contributed by atoms with Crippen molar-refractivity contribution in [3.8, 4) is 45.4 Å². The van der Waals surface area contributed by atoms with Gasteiger partial charge in [0.25, 0.3) is 0 Å². The second kappa shape index (κ2) is 16.3. The number of alkyl carbamates (subject to hydrolysis) is 1. The Bertz CT molecular complexity index is 2190. The van der Waals surface area contributed by atoms with Crippen LogP contribution in [0.4, 0.5) is 4.79 Å². The smallest absolute Gasteiger partial charge is 0.407 e. The quantitative estimate of drug-likeness (QED) is 0.0863. The molecule has 2 aliphatic heterocycles. The van der Waals surface area contributed by atoms with E-state index in [1.165, 1.54) is 7.11 Å². The topological polar surface area (TPSA) is 164 Å². The number of fused-ring (bicyclic) bond motifs is 3. The van der Waals surface area contributed by atoms with Gasteiger partial charge in [-0.3, -0.25) is 9.59 Å². The Morgan fingerprint density at radius 3 is 2.35 bits per heavy atom. The Kier molecular flexibility index (Phi) is 11.1. The van der Waals surface area contributed by atoms with Gasteiger partial charge in [-0.1, -0.05) is 39.8 Å². The zero-order valence-electron chi connectivity index (χ0n) is 32.0. The lowest BCUT2D eigenvalue weighted by atomic mass is 10.0. The number of carbonyl (C=O) groups excluding carboxylic acids is 3. The number of nitrogens with one attached hydrogen (secondary N) is 4. The Labute approximate surface area is 320 Å². The highest BCUT2D eigenvalue weighted by Crippen LogP contribution is 2.48. The first-order valence-electron chi connectivity index (χ1n) is 19.2. The number of hydrogen-bond donors (Lipinski definition) is 4. The van der Waals surface area contributed by atoms with Gasteiger partial charge in [0.15, 0.2) is 23.0 Å². The van der Waals surface area contributed by atoms with E-state index in [1.54, 1.807) is 0 Å². The number of rotatable bonds is 13.